The van der Waals surface area contributed by atoms with E-state index in [1.54, 1.807) is 0 Å². The van der Waals surface area contributed by atoms with Crippen LogP contribution in [-0.4, -0.2) is 18.9 Å². The Bertz CT molecular complexity index is 49.7. The van der Waals surface area contributed by atoms with E-state index in [4.69, 9.17) is 0 Å². The van der Waals surface area contributed by atoms with Gasteiger partial charge in [-0.1, -0.05) is 13.3 Å². The molecule has 0 bridgehead atoms. The minimum Gasteiger partial charge on any atom is -0.762 e. The van der Waals surface area contributed by atoms with Crippen LogP contribution in [0.3, 0.4) is 0 Å². The maximum absolute atomic E-state index is 10.3. The normalized spacial score (nSPS) is 10.5. The largest absolute Gasteiger partial charge is 0.762 e. The van der Waals surface area contributed by atoms with Crippen molar-refractivity contribution in [1.82, 2.24) is 5.23 Å². The molecule has 0 aliphatic heterocycles. The van der Waals surface area contributed by atoms with E-state index in [0.717, 1.165) is 12.8 Å². The molecule has 0 heterocycles. The zero-order valence-corrected chi connectivity index (χ0v) is 5.39. The van der Waals surface area contributed by atoms with Crippen molar-refractivity contribution in [2.75, 3.05) is 13.7 Å². The molecule has 8 heavy (non-hydrogen) atoms. The van der Waals surface area contributed by atoms with Crippen molar-refractivity contribution in [3.8, 4) is 0 Å². The van der Waals surface area contributed by atoms with Crippen molar-refractivity contribution in [3.05, 3.63) is 5.21 Å². The first-order chi connectivity index (χ1) is 3.81. The predicted octanol–water partition coefficient (Wildman–Crippen LogP) is 1.15. The van der Waals surface area contributed by atoms with Gasteiger partial charge in [-0.15, -0.1) is 0 Å². The summed E-state index contributed by atoms with van der Waals surface area (Å²) in [6.45, 7) is 2.51. The lowest BCUT2D eigenvalue weighted by Gasteiger charge is -2.23. The standard InChI is InChI=1S/C5H12NO2/c1-3-4-5-6(7)8-2/h3-5H2,1-2H3/q-1. The van der Waals surface area contributed by atoms with Crippen LogP contribution in [0.15, 0.2) is 0 Å². The van der Waals surface area contributed by atoms with Crippen LogP contribution in [0.25, 0.3) is 0 Å². The molecule has 0 radical (unpaired) electrons. The molecule has 50 valence electrons. The summed E-state index contributed by atoms with van der Waals surface area (Å²) < 4.78 is 0. The van der Waals surface area contributed by atoms with Gasteiger partial charge in [0, 0.05) is 6.54 Å². The first kappa shape index (κ1) is 7.88. The van der Waals surface area contributed by atoms with Crippen molar-refractivity contribution in [2.24, 2.45) is 0 Å². The molecule has 0 aliphatic carbocycles. The van der Waals surface area contributed by atoms with Gasteiger partial charge in [0.2, 0.25) is 0 Å². The Morgan fingerprint density at radius 1 is 1.62 bits per heavy atom. The average molecular weight is 118 g/mol. The van der Waals surface area contributed by atoms with Crippen LogP contribution in [0.5, 0.6) is 0 Å². The van der Waals surface area contributed by atoms with Gasteiger partial charge in [0.25, 0.3) is 0 Å². The summed E-state index contributed by atoms with van der Waals surface area (Å²) in [7, 11) is 1.38. The topological polar surface area (TPSA) is 35.5 Å². The molecule has 0 N–H and O–H groups in total. The minimum atomic E-state index is 0.479. The second-order valence-electron chi connectivity index (χ2n) is 1.59. The summed E-state index contributed by atoms with van der Waals surface area (Å²) >= 11 is 0. The fourth-order valence-electron chi connectivity index (χ4n) is 0.379. The van der Waals surface area contributed by atoms with Crippen LogP contribution in [0.4, 0.5) is 0 Å². The number of hydrogen-bond acceptors (Lipinski definition) is 3. The Hall–Kier alpha value is -0.120. The number of hydroxylamine groups is 2. The zero-order valence-electron chi connectivity index (χ0n) is 5.39. The van der Waals surface area contributed by atoms with E-state index in [0.29, 0.717) is 11.8 Å². The Balaban J connectivity index is 2.86. The van der Waals surface area contributed by atoms with Crippen LogP contribution in [-0.2, 0) is 4.84 Å². The van der Waals surface area contributed by atoms with Crippen molar-refractivity contribution in [1.29, 1.82) is 0 Å². The monoisotopic (exact) mass is 118 g/mol. The molecule has 0 unspecified atom stereocenters. The smallest absolute Gasteiger partial charge is 0.0563 e. The Labute approximate surface area is 49.8 Å². The summed E-state index contributed by atoms with van der Waals surface area (Å²) in [6.07, 6.45) is 1.93. The van der Waals surface area contributed by atoms with Gasteiger partial charge in [0.15, 0.2) is 0 Å². The van der Waals surface area contributed by atoms with Crippen LogP contribution in [0.2, 0.25) is 0 Å². The highest BCUT2D eigenvalue weighted by molar-refractivity contribution is 4.41. The van der Waals surface area contributed by atoms with Gasteiger partial charge >= 0.3 is 0 Å². The first-order valence-corrected chi connectivity index (χ1v) is 2.80. The van der Waals surface area contributed by atoms with E-state index in [9.17, 15) is 5.21 Å². The van der Waals surface area contributed by atoms with Gasteiger partial charge in [-0.2, -0.15) is 0 Å². The Kier molecular flexibility index (Phi) is 4.95. The third kappa shape index (κ3) is 4.05. The summed E-state index contributed by atoms with van der Waals surface area (Å²) in [5.41, 5.74) is 0. The van der Waals surface area contributed by atoms with Gasteiger partial charge in [-0.3, -0.25) is 5.23 Å². The number of hydrogen-bond donors (Lipinski definition) is 0. The molecular weight excluding hydrogens is 106 g/mol. The summed E-state index contributed by atoms with van der Waals surface area (Å²) in [5.74, 6) is 0. The molecule has 0 rings (SSSR count). The molecule has 3 heteroatoms. The van der Waals surface area contributed by atoms with E-state index in [-0.39, 0.29) is 0 Å². The summed E-state index contributed by atoms with van der Waals surface area (Å²) in [4.78, 5) is 4.33. The van der Waals surface area contributed by atoms with Crippen LogP contribution < -0.4 is 0 Å². The summed E-state index contributed by atoms with van der Waals surface area (Å²) in [5, 5.41) is 10.9. The molecule has 3 nitrogen and oxygen atoms in total. The maximum atomic E-state index is 10.3. The highest BCUT2D eigenvalue weighted by Gasteiger charge is 1.83. The minimum absolute atomic E-state index is 0.479. The second-order valence-corrected chi connectivity index (χ2v) is 1.59. The molecule has 0 aromatic heterocycles. The van der Waals surface area contributed by atoms with E-state index in [2.05, 4.69) is 4.84 Å². The van der Waals surface area contributed by atoms with E-state index >= 15 is 0 Å². The third-order valence-corrected chi connectivity index (χ3v) is 0.898. The lowest BCUT2D eigenvalue weighted by atomic mass is 10.3. The Morgan fingerprint density at radius 3 is 2.62 bits per heavy atom. The number of rotatable bonds is 4. The molecule has 0 aromatic carbocycles. The van der Waals surface area contributed by atoms with Crippen molar-refractivity contribution < 1.29 is 4.84 Å². The SMILES string of the molecule is CCCCN([O-])OC. The van der Waals surface area contributed by atoms with Gasteiger partial charge in [0.05, 0.1) is 7.11 Å². The fraction of sp³-hybridized carbons (Fsp3) is 1.00. The molecule has 0 aliphatic rings. The van der Waals surface area contributed by atoms with Gasteiger partial charge in [-0.05, 0) is 6.42 Å². The Morgan fingerprint density at radius 2 is 2.25 bits per heavy atom. The highest BCUT2D eigenvalue weighted by Crippen LogP contribution is 1.90. The molecular formula is C5H12NO2-. The van der Waals surface area contributed by atoms with Crippen LogP contribution >= 0.6 is 0 Å². The van der Waals surface area contributed by atoms with E-state index < -0.39 is 0 Å². The van der Waals surface area contributed by atoms with Crippen molar-refractivity contribution >= 4 is 0 Å². The molecule has 0 atom stereocenters. The zero-order chi connectivity index (χ0) is 6.41. The van der Waals surface area contributed by atoms with E-state index in [1.807, 2.05) is 6.92 Å². The van der Waals surface area contributed by atoms with Gasteiger partial charge < -0.3 is 10.0 Å². The third-order valence-electron chi connectivity index (χ3n) is 0.898. The van der Waals surface area contributed by atoms with Crippen LogP contribution in [0, 0.1) is 5.21 Å². The lowest BCUT2D eigenvalue weighted by molar-refractivity contribution is -0.0879. The lowest BCUT2D eigenvalue weighted by Crippen LogP contribution is -2.15. The molecule has 0 fully saturated rings. The molecule has 0 saturated carbocycles. The average Bonchev–Trinajstić information content (AvgIpc) is 1.83. The van der Waals surface area contributed by atoms with Crippen LogP contribution in [0.1, 0.15) is 19.8 Å². The first-order valence-electron chi connectivity index (χ1n) is 2.80. The van der Waals surface area contributed by atoms with Gasteiger partial charge in [-0.25, -0.2) is 0 Å². The fourth-order valence-corrected chi connectivity index (χ4v) is 0.379. The summed E-state index contributed by atoms with van der Waals surface area (Å²) in [6, 6.07) is 0. The second kappa shape index (κ2) is 5.03. The molecule has 0 amide bonds. The van der Waals surface area contributed by atoms with Crippen molar-refractivity contribution in [2.45, 2.75) is 19.8 Å². The van der Waals surface area contributed by atoms with Crippen molar-refractivity contribution in [3.63, 3.8) is 0 Å². The molecule has 0 saturated heterocycles. The van der Waals surface area contributed by atoms with Gasteiger partial charge in [0.1, 0.15) is 0 Å². The maximum Gasteiger partial charge on any atom is 0.0563 e. The highest BCUT2D eigenvalue weighted by atomic mass is 16.9. The number of nitrogens with zero attached hydrogens (tertiary/aromatic N) is 1. The number of unbranched alkanes of at least 4 members (excludes halogenated alkanes) is 1. The quantitative estimate of drug-likeness (QED) is 0.519. The van der Waals surface area contributed by atoms with E-state index in [1.165, 1.54) is 7.11 Å². The predicted molar refractivity (Wildman–Crippen MR) is 32.0 cm³/mol. The molecule has 0 aromatic rings. The molecule has 0 spiro atoms.